The molecule has 3 aromatic carbocycles. The number of thiazole rings is 1. The fraction of sp³-hybridized carbons (Fsp3) is 0.125. The normalized spacial score (nSPS) is 11.4. The summed E-state index contributed by atoms with van der Waals surface area (Å²) in [6.07, 6.45) is 1.42. The maximum absolute atomic E-state index is 13.9. The molecule has 1 aromatic heterocycles. The summed E-state index contributed by atoms with van der Waals surface area (Å²) in [4.78, 5) is 21.4. The zero-order chi connectivity index (χ0) is 22.7. The molecule has 0 saturated carbocycles. The van der Waals surface area contributed by atoms with Gasteiger partial charge in [-0.05, 0) is 55.3 Å². The minimum absolute atomic E-state index is 0.0706. The second-order valence-electron chi connectivity index (χ2n) is 7.13. The lowest BCUT2D eigenvalue weighted by molar-refractivity contribution is -0.113. The second kappa shape index (κ2) is 9.81. The molecule has 0 atom stereocenters. The predicted octanol–water partition coefficient (Wildman–Crippen LogP) is 7.19. The Morgan fingerprint density at radius 3 is 2.69 bits per heavy atom. The van der Waals surface area contributed by atoms with E-state index in [0.717, 1.165) is 31.4 Å². The molecule has 4 nitrogen and oxygen atoms in total. The summed E-state index contributed by atoms with van der Waals surface area (Å²) >= 11 is 8.94. The van der Waals surface area contributed by atoms with Gasteiger partial charge in [0.15, 0.2) is 4.34 Å². The quantitative estimate of drug-likeness (QED) is 0.233. The third-order valence-corrected chi connectivity index (χ3v) is 7.26. The first kappa shape index (κ1) is 22.5. The number of aryl methyl sites for hydroxylation is 2. The van der Waals surface area contributed by atoms with Crippen molar-refractivity contribution in [3.63, 3.8) is 0 Å². The van der Waals surface area contributed by atoms with Gasteiger partial charge in [-0.15, -0.1) is 11.3 Å². The number of carbonyl (C=O) groups is 1. The summed E-state index contributed by atoms with van der Waals surface area (Å²) < 4.78 is 15.7. The molecule has 32 heavy (non-hydrogen) atoms. The zero-order valence-electron chi connectivity index (χ0n) is 17.4. The summed E-state index contributed by atoms with van der Waals surface area (Å²) in [5.74, 6) is -0.221. The van der Waals surface area contributed by atoms with Crippen molar-refractivity contribution in [2.75, 3.05) is 11.1 Å². The van der Waals surface area contributed by atoms with Gasteiger partial charge in [-0.1, -0.05) is 47.6 Å². The molecule has 1 N–H and O–H groups in total. The van der Waals surface area contributed by atoms with Gasteiger partial charge in [-0.3, -0.25) is 9.79 Å². The minimum atomic E-state index is -0.419. The highest BCUT2D eigenvalue weighted by molar-refractivity contribution is 8.01. The Morgan fingerprint density at radius 1 is 1.19 bits per heavy atom. The van der Waals surface area contributed by atoms with Crippen molar-refractivity contribution < 1.29 is 9.18 Å². The summed E-state index contributed by atoms with van der Waals surface area (Å²) in [5.41, 5.74) is 4.69. The van der Waals surface area contributed by atoms with E-state index in [1.54, 1.807) is 12.1 Å². The Bertz CT molecular complexity index is 1300. The van der Waals surface area contributed by atoms with Crippen LogP contribution in [-0.4, -0.2) is 22.9 Å². The van der Waals surface area contributed by atoms with Gasteiger partial charge in [0.1, 0.15) is 5.82 Å². The molecular formula is C24H19ClFN3OS2. The molecule has 0 saturated heterocycles. The first-order valence-corrected chi connectivity index (χ1v) is 12.0. The Morgan fingerprint density at radius 2 is 1.94 bits per heavy atom. The molecule has 8 heteroatoms. The fourth-order valence-electron chi connectivity index (χ4n) is 3.12. The van der Waals surface area contributed by atoms with Crippen LogP contribution in [0, 0.1) is 19.7 Å². The molecule has 1 amide bonds. The van der Waals surface area contributed by atoms with E-state index in [2.05, 4.69) is 15.3 Å². The third kappa shape index (κ3) is 5.18. The molecule has 0 aliphatic rings. The number of aliphatic imine (C=N–C) groups is 1. The molecule has 0 spiro atoms. The van der Waals surface area contributed by atoms with E-state index in [1.807, 2.05) is 50.2 Å². The molecule has 0 radical (unpaired) electrons. The molecule has 162 valence electrons. The smallest absolute Gasteiger partial charge is 0.234 e. The molecule has 0 unspecified atom stereocenters. The highest BCUT2D eigenvalue weighted by atomic mass is 35.5. The summed E-state index contributed by atoms with van der Waals surface area (Å²) in [5, 5.41) is 3.30. The van der Waals surface area contributed by atoms with E-state index >= 15 is 0 Å². The van der Waals surface area contributed by atoms with Crippen LogP contribution >= 0.6 is 34.7 Å². The number of amides is 1. The standard InChI is InChI=1S/C24H19ClFN3OS2/c1-14-5-3-6-15(2)23(14)29-22(30)13-31-24-28-20-10-9-16(11-21(20)32-24)27-12-17-18(25)7-4-8-19(17)26/h3-12H,13H2,1-2H3,(H,29,30). The molecule has 0 aliphatic heterocycles. The van der Waals surface area contributed by atoms with Crippen LogP contribution in [0.2, 0.25) is 5.02 Å². The maximum Gasteiger partial charge on any atom is 0.234 e. The Balaban J connectivity index is 1.44. The lowest BCUT2D eigenvalue weighted by Gasteiger charge is -2.10. The van der Waals surface area contributed by atoms with Gasteiger partial charge < -0.3 is 5.32 Å². The predicted molar refractivity (Wildman–Crippen MR) is 134 cm³/mol. The molecule has 0 bridgehead atoms. The zero-order valence-corrected chi connectivity index (χ0v) is 19.7. The summed E-state index contributed by atoms with van der Waals surface area (Å²) in [7, 11) is 0. The van der Waals surface area contributed by atoms with E-state index in [-0.39, 0.29) is 17.2 Å². The van der Waals surface area contributed by atoms with E-state index in [1.165, 1.54) is 35.4 Å². The van der Waals surface area contributed by atoms with Gasteiger partial charge in [-0.2, -0.15) is 0 Å². The minimum Gasteiger partial charge on any atom is -0.325 e. The van der Waals surface area contributed by atoms with Crippen LogP contribution in [0.25, 0.3) is 10.2 Å². The number of rotatable bonds is 6. The summed E-state index contributed by atoms with van der Waals surface area (Å²) in [6.45, 7) is 3.95. The topological polar surface area (TPSA) is 54.4 Å². The Labute approximate surface area is 198 Å². The van der Waals surface area contributed by atoms with Crippen LogP contribution in [0.4, 0.5) is 15.8 Å². The molecule has 0 aliphatic carbocycles. The average molecular weight is 484 g/mol. The molecule has 1 heterocycles. The van der Waals surface area contributed by atoms with Gasteiger partial charge in [-0.25, -0.2) is 9.37 Å². The number of fused-ring (bicyclic) bond motifs is 1. The van der Waals surface area contributed by atoms with Crippen molar-refractivity contribution >= 4 is 68.4 Å². The van der Waals surface area contributed by atoms with Crippen LogP contribution in [0.3, 0.4) is 0 Å². The number of aromatic nitrogens is 1. The van der Waals surface area contributed by atoms with Crippen molar-refractivity contribution in [3.05, 3.63) is 82.1 Å². The van der Waals surface area contributed by atoms with Crippen LogP contribution in [0.15, 0.2) is 63.9 Å². The van der Waals surface area contributed by atoms with Crippen LogP contribution < -0.4 is 5.32 Å². The number of para-hydroxylation sites is 1. The van der Waals surface area contributed by atoms with E-state index in [9.17, 15) is 9.18 Å². The van der Waals surface area contributed by atoms with Crippen LogP contribution in [-0.2, 0) is 4.79 Å². The number of thioether (sulfide) groups is 1. The number of anilines is 1. The number of hydrogen-bond acceptors (Lipinski definition) is 5. The Hall–Kier alpha value is -2.74. The molecular weight excluding hydrogens is 465 g/mol. The second-order valence-corrected chi connectivity index (χ2v) is 9.79. The van der Waals surface area contributed by atoms with Crippen molar-refractivity contribution in [2.24, 2.45) is 4.99 Å². The van der Waals surface area contributed by atoms with Crippen LogP contribution in [0.5, 0.6) is 0 Å². The number of hydrogen-bond donors (Lipinski definition) is 1. The number of benzene rings is 3. The van der Waals surface area contributed by atoms with Crippen molar-refractivity contribution in [1.82, 2.24) is 4.98 Å². The molecule has 4 rings (SSSR count). The molecule has 4 aromatic rings. The maximum atomic E-state index is 13.9. The largest absolute Gasteiger partial charge is 0.325 e. The fourth-order valence-corrected chi connectivity index (χ4v) is 5.24. The number of nitrogens with zero attached hydrogens (tertiary/aromatic N) is 2. The lowest BCUT2D eigenvalue weighted by Crippen LogP contribution is -2.15. The average Bonchev–Trinajstić information content (AvgIpc) is 3.17. The lowest BCUT2D eigenvalue weighted by atomic mass is 10.1. The van der Waals surface area contributed by atoms with Gasteiger partial charge >= 0.3 is 0 Å². The Kier molecular flexibility index (Phi) is 6.89. The first-order valence-electron chi connectivity index (χ1n) is 9.78. The molecule has 0 fully saturated rings. The highest BCUT2D eigenvalue weighted by Crippen LogP contribution is 2.32. The van der Waals surface area contributed by atoms with E-state index in [0.29, 0.717) is 10.7 Å². The van der Waals surface area contributed by atoms with E-state index in [4.69, 9.17) is 11.6 Å². The number of halogens is 2. The number of carbonyl (C=O) groups excluding carboxylic acids is 1. The SMILES string of the molecule is Cc1cccc(C)c1NC(=O)CSc1nc2ccc(N=Cc3c(F)cccc3Cl)cc2s1. The van der Waals surface area contributed by atoms with Crippen molar-refractivity contribution in [3.8, 4) is 0 Å². The van der Waals surface area contributed by atoms with Gasteiger partial charge in [0.05, 0.1) is 26.7 Å². The van der Waals surface area contributed by atoms with Gasteiger partial charge in [0, 0.05) is 17.5 Å². The van der Waals surface area contributed by atoms with Crippen LogP contribution in [0.1, 0.15) is 16.7 Å². The summed E-state index contributed by atoms with van der Waals surface area (Å²) in [6, 6.07) is 16.0. The monoisotopic (exact) mass is 483 g/mol. The van der Waals surface area contributed by atoms with Crippen molar-refractivity contribution in [1.29, 1.82) is 0 Å². The van der Waals surface area contributed by atoms with Gasteiger partial charge in [0.2, 0.25) is 5.91 Å². The first-order chi connectivity index (χ1) is 15.4. The van der Waals surface area contributed by atoms with E-state index < -0.39 is 5.82 Å². The third-order valence-electron chi connectivity index (χ3n) is 4.77. The number of nitrogens with one attached hydrogen (secondary N) is 1. The highest BCUT2D eigenvalue weighted by Gasteiger charge is 2.11. The van der Waals surface area contributed by atoms with Gasteiger partial charge in [0.25, 0.3) is 0 Å². The van der Waals surface area contributed by atoms with Crippen molar-refractivity contribution in [2.45, 2.75) is 18.2 Å².